The van der Waals surface area contributed by atoms with Crippen LogP contribution in [0.15, 0.2) is 48.5 Å². The first-order valence-corrected chi connectivity index (χ1v) is 9.57. The van der Waals surface area contributed by atoms with Crippen LogP contribution in [-0.4, -0.2) is 36.4 Å². The van der Waals surface area contributed by atoms with E-state index in [0.717, 1.165) is 5.56 Å². The number of nitrogens with one attached hydrogen (secondary N) is 1. The van der Waals surface area contributed by atoms with Crippen LogP contribution in [0.1, 0.15) is 42.6 Å². The van der Waals surface area contributed by atoms with E-state index in [4.69, 9.17) is 4.74 Å². The number of hydrogen-bond donors (Lipinski definition) is 1. The number of carbonyl (C=O) groups excluding carboxylic acids is 2. The summed E-state index contributed by atoms with van der Waals surface area (Å²) in [7, 11) is 0. The van der Waals surface area contributed by atoms with Crippen molar-refractivity contribution in [2.45, 2.75) is 33.2 Å². The van der Waals surface area contributed by atoms with E-state index in [-0.39, 0.29) is 17.6 Å². The molecule has 0 spiro atoms. The Morgan fingerprint density at radius 2 is 1.89 bits per heavy atom. The van der Waals surface area contributed by atoms with Crippen LogP contribution in [0.25, 0.3) is 0 Å². The van der Waals surface area contributed by atoms with Crippen LogP contribution in [0.5, 0.6) is 5.75 Å². The summed E-state index contributed by atoms with van der Waals surface area (Å²) in [6, 6.07) is 13.3. The first-order chi connectivity index (χ1) is 13.5. The number of amides is 2. The topological polar surface area (TPSA) is 58.6 Å². The van der Waals surface area contributed by atoms with Crippen molar-refractivity contribution >= 4 is 11.8 Å². The minimum Gasteiger partial charge on any atom is -0.493 e. The fraction of sp³-hybridized carbons (Fsp3) is 0.364. The third-order valence-electron chi connectivity index (χ3n) is 4.28. The van der Waals surface area contributed by atoms with Gasteiger partial charge in [-0.2, -0.15) is 0 Å². The highest BCUT2D eigenvalue weighted by molar-refractivity contribution is 5.96. The lowest BCUT2D eigenvalue weighted by atomic mass is 10.1. The molecular weight excluding hydrogens is 359 g/mol. The van der Waals surface area contributed by atoms with Crippen LogP contribution in [-0.2, 0) is 11.3 Å². The summed E-state index contributed by atoms with van der Waals surface area (Å²) in [5, 5.41) is 2.83. The van der Waals surface area contributed by atoms with E-state index >= 15 is 0 Å². The quantitative estimate of drug-likeness (QED) is 0.632. The van der Waals surface area contributed by atoms with Gasteiger partial charge in [0.1, 0.15) is 11.6 Å². The van der Waals surface area contributed by atoms with Crippen molar-refractivity contribution in [1.29, 1.82) is 0 Å². The van der Waals surface area contributed by atoms with E-state index in [2.05, 4.69) is 5.32 Å². The van der Waals surface area contributed by atoms with Crippen LogP contribution in [0.2, 0.25) is 0 Å². The summed E-state index contributed by atoms with van der Waals surface area (Å²) in [6.07, 6.45) is 0.845. The number of halogens is 1. The molecule has 150 valence electrons. The van der Waals surface area contributed by atoms with Gasteiger partial charge in [-0.05, 0) is 50.1 Å². The zero-order chi connectivity index (χ0) is 20.4. The van der Waals surface area contributed by atoms with Gasteiger partial charge in [0, 0.05) is 26.1 Å². The molecule has 2 aromatic carbocycles. The predicted octanol–water partition coefficient (Wildman–Crippen LogP) is 3.78. The molecule has 0 aliphatic rings. The molecule has 28 heavy (non-hydrogen) atoms. The second kappa shape index (κ2) is 11.1. The van der Waals surface area contributed by atoms with Crippen molar-refractivity contribution in [3.8, 4) is 5.75 Å². The summed E-state index contributed by atoms with van der Waals surface area (Å²) in [5.74, 6) is 0.00112. The molecule has 1 N–H and O–H groups in total. The molecule has 0 heterocycles. The summed E-state index contributed by atoms with van der Waals surface area (Å²) < 4.78 is 18.8. The molecule has 2 amide bonds. The Morgan fingerprint density at radius 1 is 1.11 bits per heavy atom. The van der Waals surface area contributed by atoms with Gasteiger partial charge in [0.25, 0.3) is 5.91 Å². The average Bonchev–Trinajstić information content (AvgIpc) is 2.69. The average molecular weight is 386 g/mol. The summed E-state index contributed by atoms with van der Waals surface area (Å²) in [4.78, 5) is 26.4. The van der Waals surface area contributed by atoms with Gasteiger partial charge in [-0.25, -0.2) is 4.39 Å². The molecule has 0 saturated heterocycles. The Morgan fingerprint density at radius 3 is 2.61 bits per heavy atom. The fourth-order valence-corrected chi connectivity index (χ4v) is 2.86. The lowest BCUT2D eigenvalue weighted by Gasteiger charge is -2.21. The van der Waals surface area contributed by atoms with Gasteiger partial charge in [0.2, 0.25) is 5.91 Å². The first-order valence-electron chi connectivity index (χ1n) is 9.57. The fourth-order valence-electron chi connectivity index (χ4n) is 2.86. The third kappa shape index (κ3) is 6.37. The molecule has 0 aliphatic heterocycles. The molecule has 0 saturated carbocycles. The van der Waals surface area contributed by atoms with Crippen molar-refractivity contribution in [2.24, 2.45) is 0 Å². The maximum Gasteiger partial charge on any atom is 0.255 e. The van der Waals surface area contributed by atoms with Crippen LogP contribution in [0.4, 0.5) is 4.39 Å². The minimum absolute atomic E-state index is 0.0178. The molecule has 0 aliphatic carbocycles. The standard InChI is InChI=1S/C22H27FN2O3/c1-3-25(16-17-9-7-10-18(23)15-17)21(26)13-8-14-24-22(27)19-11-5-6-12-20(19)28-4-2/h5-7,9-12,15H,3-4,8,13-14,16H2,1-2H3,(H,24,27). The highest BCUT2D eigenvalue weighted by Crippen LogP contribution is 2.17. The summed E-state index contributed by atoms with van der Waals surface area (Å²) in [5.41, 5.74) is 1.24. The van der Waals surface area contributed by atoms with Gasteiger partial charge >= 0.3 is 0 Å². The van der Waals surface area contributed by atoms with Crippen LogP contribution in [0, 0.1) is 5.82 Å². The predicted molar refractivity (Wildman–Crippen MR) is 107 cm³/mol. The first kappa shape index (κ1) is 21.4. The largest absolute Gasteiger partial charge is 0.493 e. The van der Waals surface area contributed by atoms with E-state index < -0.39 is 0 Å². The van der Waals surface area contributed by atoms with Gasteiger partial charge < -0.3 is 15.0 Å². The number of hydrogen-bond acceptors (Lipinski definition) is 3. The maximum atomic E-state index is 13.3. The van der Waals surface area contributed by atoms with Gasteiger partial charge in [0.15, 0.2) is 0 Å². The number of benzene rings is 2. The van der Waals surface area contributed by atoms with Crippen molar-refractivity contribution < 1.29 is 18.7 Å². The molecule has 0 atom stereocenters. The zero-order valence-corrected chi connectivity index (χ0v) is 16.4. The lowest BCUT2D eigenvalue weighted by Crippen LogP contribution is -2.31. The van der Waals surface area contributed by atoms with Gasteiger partial charge in [-0.1, -0.05) is 24.3 Å². The maximum absolute atomic E-state index is 13.3. The van der Waals surface area contributed by atoms with Crippen LogP contribution >= 0.6 is 0 Å². The minimum atomic E-state index is -0.309. The van der Waals surface area contributed by atoms with Crippen molar-refractivity contribution in [3.63, 3.8) is 0 Å². The molecular formula is C22H27FN2O3. The van der Waals surface area contributed by atoms with Crippen LogP contribution < -0.4 is 10.1 Å². The Labute approximate surface area is 165 Å². The van der Waals surface area contributed by atoms with Gasteiger partial charge in [0.05, 0.1) is 12.2 Å². The second-order valence-corrected chi connectivity index (χ2v) is 6.33. The van der Waals surface area contributed by atoms with Gasteiger partial charge in [-0.15, -0.1) is 0 Å². The molecule has 6 heteroatoms. The second-order valence-electron chi connectivity index (χ2n) is 6.33. The smallest absolute Gasteiger partial charge is 0.255 e. The monoisotopic (exact) mass is 386 g/mol. The van der Waals surface area contributed by atoms with E-state index in [1.807, 2.05) is 19.9 Å². The van der Waals surface area contributed by atoms with E-state index in [1.54, 1.807) is 35.2 Å². The summed E-state index contributed by atoms with van der Waals surface area (Å²) in [6.45, 7) is 5.55. The Kier molecular flexibility index (Phi) is 8.46. The Bertz CT molecular complexity index is 795. The molecule has 0 aromatic heterocycles. The van der Waals surface area contributed by atoms with Crippen molar-refractivity contribution in [3.05, 3.63) is 65.5 Å². The number of ether oxygens (including phenoxy) is 1. The van der Waals surface area contributed by atoms with Crippen LogP contribution in [0.3, 0.4) is 0 Å². The van der Waals surface area contributed by atoms with E-state index in [9.17, 15) is 14.0 Å². The number of nitrogens with zero attached hydrogens (tertiary/aromatic N) is 1. The zero-order valence-electron chi connectivity index (χ0n) is 16.4. The molecule has 2 aromatic rings. The molecule has 0 radical (unpaired) electrons. The van der Waals surface area contributed by atoms with Crippen molar-refractivity contribution in [2.75, 3.05) is 19.7 Å². The Balaban J connectivity index is 1.80. The molecule has 2 rings (SSSR count). The number of para-hydroxylation sites is 1. The van der Waals surface area contributed by atoms with E-state index in [1.165, 1.54) is 12.1 Å². The SMILES string of the molecule is CCOc1ccccc1C(=O)NCCCC(=O)N(CC)Cc1cccc(F)c1. The number of rotatable bonds is 10. The summed E-state index contributed by atoms with van der Waals surface area (Å²) >= 11 is 0. The van der Waals surface area contributed by atoms with Crippen molar-refractivity contribution in [1.82, 2.24) is 10.2 Å². The van der Waals surface area contributed by atoms with E-state index in [0.29, 0.717) is 50.4 Å². The highest BCUT2D eigenvalue weighted by Gasteiger charge is 2.14. The molecule has 0 fully saturated rings. The molecule has 0 bridgehead atoms. The number of carbonyl (C=O) groups is 2. The Hall–Kier alpha value is -2.89. The van der Waals surface area contributed by atoms with Gasteiger partial charge in [-0.3, -0.25) is 9.59 Å². The molecule has 5 nitrogen and oxygen atoms in total. The molecule has 0 unspecified atom stereocenters. The normalized spacial score (nSPS) is 10.4. The third-order valence-corrected chi connectivity index (χ3v) is 4.28. The highest BCUT2D eigenvalue weighted by atomic mass is 19.1. The lowest BCUT2D eigenvalue weighted by molar-refractivity contribution is -0.131.